The third-order valence-corrected chi connectivity index (χ3v) is 6.37. The second kappa shape index (κ2) is 8.91. The first kappa shape index (κ1) is 21.1. The number of H-pyrrole nitrogens is 1. The van der Waals surface area contributed by atoms with Gasteiger partial charge in [-0.25, -0.2) is 0 Å². The van der Waals surface area contributed by atoms with Gasteiger partial charge in [0, 0.05) is 24.2 Å². The van der Waals surface area contributed by atoms with E-state index in [9.17, 15) is 14.7 Å². The van der Waals surface area contributed by atoms with E-state index in [1.807, 2.05) is 29.2 Å². The van der Waals surface area contributed by atoms with E-state index in [1.165, 1.54) is 7.11 Å². The number of benzene rings is 1. The van der Waals surface area contributed by atoms with E-state index in [4.69, 9.17) is 9.47 Å². The first-order valence-electron chi connectivity index (χ1n) is 10.7. The first-order valence-corrected chi connectivity index (χ1v) is 10.7. The number of hydrogen-bond donors (Lipinski definition) is 3. The molecule has 2 heterocycles. The van der Waals surface area contributed by atoms with Crippen LogP contribution in [0.4, 0.5) is 5.69 Å². The summed E-state index contributed by atoms with van der Waals surface area (Å²) in [4.78, 5) is 30.1. The van der Waals surface area contributed by atoms with Gasteiger partial charge in [0.25, 0.3) is 0 Å². The molecule has 1 aliphatic carbocycles. The van der Waals surface area contributed by atoms with E-state index in [-0.39, 0.29) is 36.7 Å². The monoisotopic (exact) mass is 427 g/mol. The normalized spacial score (nSPS) is 22.5. The maximum Gasteiger partial charge on any atom is 0.306 e. The molecule has 1 aromatic heterocycles. The van der Waals surface area contributed by atoms with Gasteiger partial charge in [0.05, 0.1) is 44.0 Å². The molecule has 1 fully saturated rings. The second-order valence-electron chi connectivity index (χ2n) is 8.09. The number of esters is 1. The number of ether oxygens (including phenoxy) is 2. The topological polar surface area (TPSA) is 104 Å². The highest BCUT2D eigenvalue weighted by Gasteiger charge is 2.44. The van der Waals surface area contributed by atoms with Crippen LogP contribution in [0.5, 0.6) is 11.6 Å². The molecule has 1 amide bonds. The lowest BCUT2D eigenvalue weighted by Gasteiger charge is -2.42. The van der Waals surface area contributed by atoms with Crippen LogP contribution >= 0.6 is 0 Å². The third kappa shape index (κ3) is 3.94. The molecule has 3 atom stereocenters. The van der Waals surface area contributed by atoms with Crippen molar-refractivity contribution in [2.75, 3.05) is 19.5 Å². The average molecular weight is 428 g/mol. The van der Waals surface area contributed by atoms with Crippen LogP contribution in [0.2, 0.25) is 0 Å². The van der Waals surface area contributed by atoms with Crippen molar-refractivity contribution in [1.82, 2.24) is 9.88 Å². The Kier molecular flexibility index (Phi) is 6.06. The summed E-state index contributed by atoms with van der Waals surface area (Å²) in [6, 6.07) is 6.99. The number of nitrogens with zero attached hydrogens (tertiary/aromatic N) is 1. The Morgan fingerprint density at radius 3 is 2.71 bits per heavy atom. The number of carbonyl (C=O) groups excluding carboxylic acids is 2. The van der Waals surface area contributed by atoms with Crippen molar-refractivity contribution >= 4 is 17.6 Å². The Hall–Kier alpha value is -3.16. The zero-order valence-electron chi connectivity index (χ0n) is 17.9. The van der Waals surface area contributed by atoms with Crippen LogP contribution in [-0.4, -0.2) is 53.2 Å². The fraction of sp³-hybridized carbons (Fsp3) is 0.478. The zero-order valence-corrected chi connectivity index (χ0v) is 17.9. The molecule has 1 aromatic carbocycles. The van der Waals surface area contributed by atoms with Crippen LogP contribution in [0, 0.1) is 0 Å². The highest BCUT2D eigenvalue weighted by atomic mass is 16.5. The van der Waals surface area contributed by atoms with Crippen LogP contribution in [0.3, 0.4) is 0 Å². The molecule has 4 rings (SSSR count). The molecule has 0 bridgehead atoms. The largest absolute Gasteiger partial charge is 0.496 e. The lowest BCUT2D eigenvalue weighted by atomic mass is 9.87. The molecule has 0 radical (unpaired) electrons. The van der Waals surface area contributed by atoms with Crippen molar-refractivity contribution in [3.63, 3.8) is 0 Å². The SMILES string of the molecule is COC(=O)CCC(=O)N1[C@H](c2ccccc2OC)c2c(c[nH]c2O)N[C@@H]2CCCC[C@H]21. The molecular weight excluding hydrogens is 398 g/mol. The van der Waals surface area contributed by atoms with Gasteiger partial charge < -0.3 is 29.8 Å². The van der Waals surface area contributed by atoms with E-state index < -0.39 is 12.0 Å². The Morgan fingerprint density at radius 2 is 1.94 bits per heavy atom. The van der Waals surface area contributed by atoms with Gasteiger partial charge >= 0.3 is 5.97 Å². The summed E-state index contributed by atoms with van der Waals surface area (Å²) < 4.78 is 10.4. The van der Waals surface area contributed by atoms with Crippen LogP contribution < -0.4 is 10.1 Å². The summed E-state index contributed by atoms with van der Waals surface area (Å²) in [6.07, 6.45) is 5.68. The maximum atomic E-state index is 13.6. The average Bonchev–Trinajstić information content (AvgIpc) is 3.07. The van der Waals surface area contributed by atoms with E-state index in [2.05, 4.69) is 10.3 Å². The van der Waals surface area contributed by atoms with Crippen molar-refractivity contribution < 1.29 is 24.2 Å². The molecule has 0 saturated heterocycles. The van der Waals surface area contributed by atoms with E-state index in [1.54, 1.807) is 13.3 Å². The van der Waals surface area contributed by atoms with Crippen LogP contribution in [0.25, 0.3) is 0 Å². The number of aromatic hydroxyl groups is 1. The van der Waals surface area contributed by atoms with Crippen LogP contribution in [-0.2, 0) is 14.3 Å². The minimum Gasteiger partial charge on any atom is -0.496 e. The van der Waals surface area contributed by atoms with E-state index >= 15 is 0 Å². The highest BCUT2D eigenvalue weighted by Crippen LogP contribution is 2.47. The molecular formula is C23H29N3O5. The molecule has 8 heteroatoms. The molecule has 2 aromatic rings. The molecule has 0 unspecified atom stereocenters. The van der Waals surface area contributed by atoms with Crippen molar-refractivity contribution in [1.29, 1.82) is 0 Å². The van der Waals surface area contributed by atoms with E-state index in [0.717, 1.165) is 36.9 Å². The van der Waals surface area contributed by atoms with Gasteiger partial charge in [0.1, 0.15) is 5.75 Å². The second-order valence-corrected chi connectivity index (χ2v) is 8.09. The summed E-state index contributed by atoms with van der Waals surface area (Å²) in [5.41, 5.74) is 2.19. The molecule has 8 nitrogen and oxygen atoms in total. The Morgan fingerprint density at radius 1 is 1.16 bits per heavy atom. The van der Waals surface area contributed by atoms with Gasteiger partial charge in [-0.1, -0.05) is 31.0 Å². The fourth-order valence-corrected chi connectivity index (χ4v) is 4.93. The predicted octanol–water partition coefficient (Wildman–Crippen LogP) is 3.34. The molecule has 3 N–H and O–H groups in total. The molecule has 2 aliphatic rings. The summed E-state index contributed by atoms with van der Waals surface area (Å²) in [5.74, 6) is 0.0934. The van der Waals surface area contributed by atoms with Crippen LogP contribution in [0.1, 0.15) is 55.7 Å². The van der Waals surface area contributed by atoms with Crippen molar-refractivity contribution in [3.05, 3.63) is 41.6 Å². The molecule has 1 aliphatic heterocycles. The lowest BCUT2D eigenvalue weighted by molar-refractivity contribution is -0.145. The lowest BCUT2D eigenvalue weighted by Crippen LogP contribution is -2.51. The first-order chi connectivity index (χ1) is 15.0. The number of fused-ring (bicyclic) bond motifs is 2. The minimum absolute atomic E-state index is 0.0151. The number of anilines is 1. The summed E-state index contributed by atoms with van der Waals surface area (Å²) >= 11 is 0. The van der Waals surface area contributed by atoms with Crippen molar-refractivity contribution in [3.8, 4) is 11.6 Å². The van der Waals surface area contributed by atoms with Gasteiger partial charge in [-0.2, -0.15) is 0 Å². The summed E-state index contributed by atoms with van der Waals surface area (Å²) in [5, 5.41) is 14.3. The quantitative estimate of drug-likeness (QED) is 0.633. The highest BCUT2D eigenvalue weighted by molar-refractivity contribution is 5.83. The van der Waals surface area contributed by atoms with Crippen molar-refractivity contribution in [2.24, 2.45) is 0 Å². The molecule has 1 saturated carbocycles. The van der Waals surface area contributed by atoms with Gasteiger partial charge in [-0.15, -0.1) is 0 Å². The number of methoxy groups -OCH3 is 2. The smallest absolute Gasteiger partial charge is 0.306 e. The minimum atomic E-state index is -0.553. The number of hydrogen-bond acceptors (Lipinski definition) is 6. The van der Waals surface area contributed by atoms with Gasteiger partial charge in [0.2, 0.25) is 5.91 Å². The summed E-state index contributed by atoms with van der Waals surface area (Å²) in [7, 11) is 2.92. The number of amides is 1. The predicted molar refractivity (Wildman–Crippen MR) is 115 cm³/mol. The summed E-state index contributed by atoms with van der Waals surface area (Å²) in [6.45, 7) is 0. The molecule has 31 heavy (non-hydrogen) atoms. The number of nitrogens with one attached hydrogen (secondary N) is 2. The number of para-hydroxylation sites is 1. The van der Waals surface area contributed by atoms with Gasteiger partial charge in [-0.3, -0.25) is 9.59 Å². The Balaban J connectivity index is 1.85. The maximum absolute atomic E-state index is 13.6. The van der Waals surface area contributed by atoms with Crippen molar-refractivity contribution in [2.45, 2.75) is 56.7 Å². The molecule has 0 spiro atoms. The fourth-order valence-electron chi connectivity index (χ4n) is 4.93. The number of rotatable bonds is 5. The standard InChI is InChI=1S/C23H29N3O5/c1-30-18-10-6-3-7-14(18)22-21-16(13-24-23(21)29)25-15-8-4-5-9-17(15)26(22)19(27)11-12-20(28)31-2/h3,6-7,10,13,15,17,22,24-25,29H,4-5,8-9,11-12H2,1-2H3/t15-,17-,22-/m1/s1. The Bertz CT molecular complexity index is 956. The van der Waals surface area contributed by atoms with Gasteiger partial charge in [-0.05, 0) is 18.9 Å². The van der Waals surface area contributed by atoms with Crippen LogP contribution in [0.15, 0.2) is 30.5 Å². The number of carbonyl (C=O) groups is 2. The van der Waals surface area contributed by atoms with Gasteiger partial charge in [0.15, 0.2) is 5.88 Å². The number of aromatic nitrogens is 1. The molecule has 166 valence electrons. The Labute approximate surface area is 181 Å². The zero-order chi connectivity index (χ0) is 22.0. The van der Waals surface area contributed by atoms with E-state index in [0.29, 0.717) is 11.3 Å². The number of aromatic amines is 1. The third-order valence-electron chi connectivity index (χ3n) is 6.37.